The van der Waals surface area contributed by atoms with Gasteiger partial charge in [0.2, 0.25) is 0 Å². The molecule has 2 atom stereocenters. The first-order valence-corrected chi connectivity index (χ1v) is 5.75. The molecule has 0 aromatic rings. The van der Waals surface area contributed by atoms with Crippen LogP contribution >= 0.6 is 0 Å². The maximum Gasteiger partial charge on any atom is 0.320 e. The number of nitrogens with two attached hydrogens (primary N) is 2. The van der Waals surface area contributed by atoms with Gasteiger partial charge in [-0.3, -0.25) is 19.2 Å². The van der Waals surface area contributed by atoms with Gasteiger partial charge in [0, 0.05) is 12.8 Å². The molecule has 7 N–H and O–H groups in total. The summed E-state index contributed by atoms with van der Waals surface area (Å²) in [6, 6.07) is -1.67. The fourth-order valence-electron chi connectivity index (χ4n) is 0.885. The van der Waals surface area contributed by atoms with Crippen LogP contribution in [0.15, 0.2) is 0 Å². The third-order valence-electron chi connectivity index (χ3n) is 2.18. The van der Waals surface area contributed by atoms with E-state index in [1.165, 1.54) is 6.92 Å². The highest BCUT2D eigenvalue weighted by Crippen LogP contribution is 1.94. The molecule has 0 fully saturated rings. The Morgan fingerprint density at radius 2 is 1.20 bits per heavy atom. The monoisotopic (exact) mass is 292 g/mol. The zero-order chi connectivity index (χ0) is 16.3. The van der Waals surface area contributed by atoms with Crippen LogP contribution in [0.4, 0.5) is 0 Å². The van der Waals surface area contributed by atoms with Crippen molar-refractivity contribution in [2.45, 2.75) is 44.7 Å². The Labute approximate surface area is 115 Å². The van der Waals surface area contributed by atoms with Crippen molar-refractivity contribution < 1.29 is 34.5 Å². The summed E-state index contributed by atoms with van der Waals surface area (Å²) < 4.78 is 0. The smallest absolute Gasteiger partial charge is 0.320 e. The summed E-state index contributed by atoms with van der Waals surface area (Å²) in [7, 11) is 0. The summed E-state index contributed by atoms with van der Waals surface area (Å²) in [6.45, 7) is 1.35. The molecule has 0 unspecified atom stereocenters. The zero-order valence-corrected chi connectivity index (χ0v) is 11.1. The van der Waals surface area contributed by atoms with Crippen LogP contribution in [-0.4, -0.2) is 51.1 Å². The van der Waals surface area contributed by atoms with Crippen molar-refractivity contribution in [3.05, 3.63) is 0 Å². The first-order valence-electron chi connectivity index (χ1n) is 5.75. The van der Waals surface area contributed by atoms with Gasteiger partial charge in [-0.25, -0.2) is 0 Å². The number of hydrogen-bond donors (Lipinski definition) is 5. The largest absolute Gasteiger partial charge is 0.481 e. The van der Waals surface area contributed by atoms with E-state index in [2.05, 4.69) is 0 Å². The molecule has 0 aliphatic carbocycles. The van der Waals surface area contributed by atoms with Crippen molar-refractivity contribution in [1.82, 2.24) is 0 Å². The Hall–Kier alpha value is -2.00. The maximum atomic E-state index is 10.4. The number of carboxylic acid groups (broad SMARTS) is 3. The van der Waals surface area contributed by atoms with E-state index < -0.39 is 30.0 Å². The number of rotatable bonds is 8. The lowest BCUT2D eigenvalue weighted by Gasteiger charge is -2.03. The average molecular weight is 292 g/mol. The van der Waals surface area contributed by atoms with Gasteiger partial charge in [0.05, 0.1) is 6.04 Å². The molecule has 20 heavy (non-hydrogen) atoms. The first kappa shape index (κ1) is 20.3. The second-order valence-electron chi connectivity index (χ2n) is 4.03. The van der Waals surface area contributed by atoms with Gasteiger partial charge in [-0.1, -0.05) is 0 Å². The molecule has 0 saturated carbocycles. The fourth-order valence-corrected chi connectivity index (χ4v) is 0.885. The van der Waals surface area contributed by atoms with Crippen molar-refractivity contribution >= 4 is 23.7 Å². The average Bonchev–Trinajstić information content (AvgIpc) is 2.33. The predicted molar refractivity (Wildman–Crippen MR) is 68.0 cm³/mol. The standard InChI is InChI=1S/C6H11NO3.C5H9NO4/c1-4(8)5(7)2-3-6(9)10;6-3(5(9)10)1-2-4(7)8/h5H,2-3,7H2,1H3,(H,9,10);3H,1-2,6H2,(H,7,8)(H,9,10)/t5-;3-/m10/s1. The molecular formula is C11H20N2O7. The summed E-state index contributed by atoms with van der Waals surface area (Å²) in [5, 5.41) is 24.4. The van der Waals surface area contributed by atoms with Crippen LogP contribution in [0.3, 0.4) is 0 Å². The third kappa shape index (κ3) is 14.1. The third-order valence-corrected chi connectivity index (χ3v) is 2.18. The lowest BCUT2D eigenvalue weighted by atomic mass is 10.1. The van der Waals surface area contributed by atoms with Crippen molar-refractivity contribution in [2.24, 2.45) is 11.5 Å². The van der Waals surface area contributed by atoms with E-state index in [-0.39, 0.29) is 31.5 Å². The SMILES string of the molecule is CC(=O)[C@H](N)CCC(=O)O.N[C@@H](CCC(=O)O)C(=O)O. The normalized spacial score (nSPS) is 12.6. The van der Waals surface area contributed by atoms with E-state index in [9.17, 15) is 19.2 Å². The van der Waals surface area contributed by atoms with Crippen LogP contribution < -0.4 is 11.5 Å². The molecule has 0 aromatic heterocycles. The summed E-state index contributed by atoms with van der Waals surface area (Å²) in [5.74, 6) is -3.28. The molecule has 0 radical (unpaired) electrons. The van der Waals surface area contributed by atoms with Crippen LogP contribution in [-0.2, 0) is 19.2 Å². The van der Waals surface area contributed by atoms with Crippen molar-refractivity contribution in [3.63, 3.8) is 0 Å². The number of carbonyl (C=O) groups is 4. The van der Waals surface area contributed by atoms with Gasteiger partial charge in [-0.2, -0.15) is 0 Å². The summed E-state index contributed by atoms with van der Waals surface area (Å²) >= 11 is 0. The molecule has 0 spiro atoms. The Morgan fingerprint density at radius 1 is 0.850 bits per heavy atom. The second-order valence-corrected chi connectivity index (χ2v) is 4.03. The van der Waals surface area contributed by atoms with Gasteiger partial charge in [-0.05, 0) is 19.8 Å². The van der Waals surface area contributed by atoms with Gasteiger partial charge in [0.25, 0.3) is 0 Å². The van der Waals surface area contributed by atoms with Crippen LogP contribution in [0.5, 0.6) is 0 Å². The van der Waals surface area contributed by atoms with Crippen LogP contribution in [0.2, 0.25) is 0 Å². The number of Topliss-reactive ketones (excluding diaryl/α,β-unsaturated/α-hetero) is 1. The summed E-state index contributed by atoms with van der Waals surface area (Å²) in [6.07, 6.45) is -0.0381. The molecule has 0 heterocycles. The van der Waals surface area contributed by atoms with Gasteiger partial charge in [-0.15, -0.1) is 0 Å². The van der Waals surface area contributed by atoms with Crippen LogP contribution in [0.25, 0.3) is 0 Å². The van der Waals surface area contributed by atoms with Gasteiger partial charge in [0.1, 0.15) is 11.8 Å². The summed E-state index contributed by atoms with van der Waals surface area (Å²) in [5.41, 5.74) is 10.3. The fraction of sp³-hybridized carbons (Fsp3) is 0.636. The van der Waals surface area contributed by atoms with E-state index >= 15 is 0 Å². The first-order chi connectivity index (χ1) is 9.07. The molecule has 0 aromatic carbocycles. The highest BCUT2D eigenvalue weighted by atomic mass is 16.4. The second kappa shape index (κ2) is 10.9. The Bertz CT molecular complexity index is 323. The topological polar surface area (TPSA) is 181 Å². The molecule has 0 rings (SSSR count). The van der Waals surface area contributed by atoms with Crippen molar-refractivity contribution in [3.8, 4) is 0 Å². The molecule has 116 valence electrons. The molecule has 9 nitrogen and oxygen atoms in total. The molecule has 0 aliphatic heterocycles. The number of carboxylic acids is 3. The number of hydrogen-bond acceptors (Lipinski definition) is 6. The Kier molecular flexibility index (Phi) is 11.1. The predicted octanol–water partition coefficient (Wildman–Crippen LogP) is -0.969. The molecule has 0 aliphatic rings. The number of carbonyl (C=O) groups excluding carboxylic acids is 1. The maximum absolute atomic E-state index is 10.4. The van der Waals surface area contributed by atoms with Gasteiger partial charge >= 0.3 is 17.9 Å². The van der Waals surface area contributed by atoms with Crippen LogP contribution in [0, 0.1) is 0 Å². The minimum Gasteiger partial charge on any atom is -0.481 e. The van der Waals surface area contributed by atoms with Crippen LogP contribution in [0.1, 0.15) is 32.6 Å². The van der Waals surface area contributed by atoms with E-state index in [1.54, 1.807) is 0 Å². The van der Waals surface area contributed by atoms with E-state index in [0.717, 1.165) is 0 Å². The Balaban J connectivity index is 0. The molecular weight excluding hydrogens is 272 g/mol. The van der Waals surface area contributed by atoms with E-state index in [0.29, 0.717) is 0 Å². The van der Waals surface area contributed by atoms with E-state index in [1.807, 2.05) is 0 Å². The Morgan fingerprint density at radius 3 is 1.45 bits per heavy atom. The zero-order valence-electron chi connectivity index (χ0n) is 11.1. The molecule has 0 saturated heterocycles. The minimum atomic E-state index is -1.17. The summed E-state index contributed by atoms with van der Waals surface area (Å²) in [4.78, 5) is 40.3. The number of ketones is 1. The highest BCUT2D eigenvalue weighted by molar-refractivity contribution is 5.81. The van der Waals surface area contributed by atoms with E-state index in [4.69, 9.17) is 26.8 Å². The molecule has 0 bridgehead atoms. The number of aliphatic carboxylic acids is 3. The quantitative estimate of drug-likeness (QED) is 0.376. The van der Waals surface area contributed by atoms with Gasteiger partial charge in [0.15, 0.2) is 0 Å². The molecule has 0 amide bonds. The molecule has 9 heteroatoms. The van der Waals surface area contributed by atoms with Gasteiger partial charge < -0.3 is 26.8 Å². The van der Waals surface area contributed by atoms with Crippen molar-refractivity contribution in [1.29, 1.82) is 0 Å². The minimum absolute atomic E-state index is 0.0231. The van der Waals surface area contributed by atoms with Crippen molar-refractivity contribution in [2.75, 3.05) is 0 Å². The highest BCUT2D eigenvalue weighted by Gasteiger charge is 2.12. The lowest BCUT2D eigenvalue weighted by molar-refractivity contribution is -0.140. The lowest BCUT2D eigenvalue weighted by Crippen LogP contribution is -2.30.